The van der Waals surface area contributed by atoms with Gasteiger partial charge >= 0.3 is 11.9 Å². The van der Waals surface area contributed by atoms with Crippen LogP contribution >= 0.6 is 0 Å². The molecule has 1 unspecified atom stereocenters. The molecule has 0 amide bonds. The van der Waals surface area contributed by atoms with Gasteiger partial charge in [-0.15, -0.1) is 0 Å². The second-order valence-corrected chi connectivity index (χ2v) is 10.4. The van der Waals surface area contributed by atoms with E-state index in [0.29, 0.717) is 30.7 Å². The number of rotatable bonds is 10. The normalized spacial score (nSPS) is 20.8. The molecule has 0 bridgehead atoms. The maximum Gasteiger partial charge on any atom is 0.343 e. The summed E-state index contributed by atoms with van der Waals surface area (Å²) in [6, 6.07) is 7.60. The molecule has 5 rings (SSSR count). The van der Waals surface area contributed by atoms with E-state index < -0.39 is 11.6 Å². The first-order valence-electron chi connectivity index (χ1n) is 13.8. The molecule has 3 aliphatic heterocycles. The second-order valence-electron chi connectivity index (χ2n) is 10.4. The number of carbonyl (C=O) groups excluding carboxylic acids is 2. The molecule has 0 saturated heterocycles. The monoisotopic (exact) mass is 536 g/mol. The first kappa shape index (κ1) is 27.0. The van der Waals surface area contributed by atoms with Gasteiger partial charge in [0.1, 0.15) is 12.4 Å². The lowest BCUT2D eigenvalue weighted by Crippen LogP contribution is -2.44. The molecule has 2 atom stereocenters. The molecule has 9 heteroatoms. The van der Waals surface area contributed by atoms with Crippen LogP contribution in [0.4, 0.5) is 5.69 Å². The van der Waals surface area contributed by atoms with E-state index in [4.69, 9.17) is 9.47 Å². The number of pyridine rings is 1. The number of allylic oxidation sites excluding steroid dienone is 1. The van der Waals surface area contributed by atoms with Crippen LogP contribution in [0.2, 0.25) is 0 Å². The van der Waals surface area contributed by atoms with Gasteiger partial charge in [0.05, 0.1) is 25.3 Å². The molecular weight excluding hydrogens is 500 g/mol. The van der Waals surface area contributed by atoms with Gasteiger partial charge in [-0.3, -0.25) is 9.59 Å². The number of unbranched alkanes of at least 4 members (excludes halogenated alkanes) is 3. The lowest BCUT2D eigenvalue weighted by molar-refractivity contribution is -0.172. The number of anilines is 1. The molecule has 1 aromatic heterocycles. The third kappa shape index (κ3) is 4.73. The minimum absolute atomic E-state index is 0.125. The Morgan fingerprint density at radius 1 is 1.18 bits per heavy atom. The summed E-state index contributed by atoms with van der Waals surface area (Å²) in [6.45, 7) is 4.73. The molecule has 0 fully saturated rings. The highest BCUT2D eigenvalue weighted by atomic mass is 16.6. The number of fused-ring (bicyclic) bond motifs is 5. The Bertz CT molecular complexity index is 1390. The zero-order valence-corrected chi connectivity index (χ0v) is 22.8. The number of aliphatic hydroxyl groups is 1. The zero-order valence-electron chi connectivity index (χ0n) is 22.8. The van der Waals surface area contributed by atoms with Crippen molar-refractivity contribution in [3.05, 3.63) is 62.6 Å². The van der Waals surface area contributed by atoms with Crippen LogP contribution in [-0.2, 0) is 37.8 Å². The average molecular weight is 537 g/mol. The van der Waals surface area contributed by atoms with Crippen LogP contribution in [0.3, 0.4) is 0 Å². The molecule has 3 aliphatic rings. The zero-order chi connectivity index (χ0) is 27.7. The Morgan fingerprint density at radius 2 is 1.97 bits per heavy atom. The van der Waals surface area contributed by atoms with Gasteiger partial charge in [0.25, 0.3) is 5.56 Å². The number of nitrogens with one attached hydrogen (secondary N) is 1. The molecule has 0 aliphatic carbocycles. The first-order valence-corrected chi connectivity index (χ1v) is 13.8. The smallest absolute Gasteiger partial charge is 0.343 e. The lowest BCUT2D eigenvalue weighted by atomic mass is 9.84. The summed E-state index contributed by atoms with van der Waals surface area (Å²) in [6.07, 6.45) is 5.03. The Kier molecular flexibility index (Phi) is 7.53. The number of hydrogen-bond acceptors (Lipinski definition) is 8. The van der Waals surface area contributed by atoms with E-state index in [1.165, 1.54) is 12.7 Å². The van der Waals surface area contributed by atoms with Crippen molar-refractivity contribution >= 4 is 23.2 Å². The van der Waals surface area contributed by atoms with E-state index in [-0.39, 0.29) is 30.6 Å². The van der Waals surface area contributed by atoms with Gasteiger partial charge in [0, 0.05) is 35.5 Å². The largest absolute Gasteiger partial charge is 0.494 e. The number of benzene rings is 1. The number of carbonyl (C=O) groups is 2. The molecule has 208 valence electrons. The second kappa shape index (κ2) is 10.9. The van der Waals surface area contributed by atoms with Crippen molar-refractivity contribution in [2.75, 3.05) is 19.0 Å². The van der Waals surface area contributed by atoms with E-state index in [0.717, 1.165) is 60.4 Å². The van der Waals surface area contributed by atoms with Crippen molar-refractivity contribution in [3.8, 4) is 5.75 Å². The highest BCUT2D eigenvalue weighted by Crippen LogP contribution is 2.47. The molecule has 39 heavy (non-hydrogen) atoms. The fourth-order valence-electron chi connectivity index (χ4n) is 5.94. The minimum Gasteiger partial charge on any atom is -0.494 e. The highest BCUT2D eigenvalue weighted by Gasteiger charge is 2.46. The topological polar surface area (TPSA) is 116 Å². The summed E-state index contributed by atoms with van der Waals surface area (Å²) in [5.41, 5.74) is 3.72. The number of esters is 2. The van der Waals surface area contributed by atoms with Crippen LogP contribution in [-0.4, -0.2) is 35.3 Å². The number of nitrogens with zero attached hydrogens (tertiary/aromatic N) is 1. The van der Waals surface area contributed by atoms with Crippen molar-refractivity contribution in [2.45, 2.75) is 83.6 Å². The summed E-state index contributed by atoms with van der Waals surface area (Å²) in [7, 11) is 1.41. The van der Waals surface area contributed by atoms with Crippen molar-refractivity contribution < 1.29 is 28.9 Å². The number of ether oxygens (including phenoxy) is 3. The maximum absolute atomic E-state index is 13.5. The Balaban J connectivity index is 1.35. The quantitative estimate of drug-likeness (QED) is 0.340. The third-order valence-electron chi connectivity index (χ3n) is 8.18. The molecule has 2 aromatic rings. The van der Waals surface area contributed by atoms with Gasteiger partial charge in [-0.25, -0.2) is 4.79 Å². The molecule has 4 heterocycles. The summed E-state index contributed by atoms with van der Waals surface area (Å²) in [4.78, 5) is 37.2. The van der Waals surface area contributed by atoms with Gasteiger partial charge in [-0.1, -0.05) is 26.7 Å². The Morgan fingerprint density at radius 3 is 2.72 bits per heavy atom. The van der Waals surface area contributed by atoms with E-state index in [1.807, 2.05) is 18.2 Å². The highest BCUT2D eigenvalue weighted by molar-refractivity contribution is 5.85. The molecule has 9 nitrogen and oxygen atoms in total. The summed E-state index contributed by atoms with van der Waals surface area (Å²) in [5, 5.41) is 14.7. The first-order chi connectivity index (χ1) is 18.8. The van der Waals surface area contributed by atoms with E-state index in [2.05, 4.69) is 23.0 Å². The van der Waals surface area contributed by atoms with E-state index >= 15 is 0 Å². The van der Waals surface area contributed by atoms with Gasteiger partial charge < -0.3 is 29.2 Å². The third-order valence-corrected chi connectivity index (χ3v) is 8.18. The summed E-state index contributed by atoms with van der Waals surface area (Å²) >= 11 is 0. The number of hydrogen-bond donors (Lipinski definition) is 2. The van der Waals surface area contributed by atoms with E-state index in [1.54, 1.807) is 11.5 Å². The molecule has 2 N–H and O–H groups in total. The summed E-state index contributed by atoms with van der Waals surface area (Å²) in [5.74, 6) is -0.0825. The van der Waals surface area contributed by atoms with Gasteiger partial charge in [0.15, 0.2) is 5.60 Å². The van der Waals surface area contributed by atoms with Crippen LogP contribution in [0.25, 0.3) is 5.57 Å². The molecule has 0 radical (unpaired) electrons. The van der Waals surface area contributed by atoms with Gasteiger partial charge in [-0.05, 0) is 61.1 Å². The number of aromatic nitrogens is 1. The predicted octanol–water partition coefficient (Wildman–Crippen LogP) is 4.35. The van der Waals surface area contributed by atoms with Crippen molar-refractivity contribution in [3.63, 3.8) is 0 Å². The van der Waals surface area contributed by atoms with Crippen LogP contribution in [0.15, 0.2) is 34.6 Å². The summed E-state index contributed by atoms with van der Waals surface area (Å²) < 4.78 is 17.6. The molecule has 0 spiro atoms. The predicted molar refractivity (Wildman–Crippen MR) is 145 cm³/mol. The SMILES string of the molecule is CCC1=C2Cn3c(cc4c(c3=O)COC(=O)[C@]4(O)CC)C2Nc2ccc(OCCCCCCC(=O)OC)cc21. The van der Waals surface area contributed by atoms with Gasteiger partial charge in [-0.2, -0.15) is 0 Å². The fourth-order valence-corrected chi connectivity index (χ4v) is 5.94. The Hall–Kier alpha value is -3.59. The van der Waals surface area contributed by atoms with Crippen LogP contribution < -0.4 is 15.6 Å². The minimum atomic E-state index is -1.82. The average Bonchev–Trinajstić information content (AvgIpc) is 3.31. The van der Waals surface area contributed by atoms with Crippen LogP contribution in [0.1, 0.15) is 87.2 Å². The van der Waals surface area contributed by atoms with Crippen molar-refractivity contribution in [1.82, 2.24) is 4.57 Å². The van der Waals surface area contributed by atoms with Crippen molar-refractivity contribution in [2.24, 2.45) is 0 Å². The standard InChI is InChI=1S/C30H36N2O7/c1-4-19-20-14-18(38-13-9-7-6-8-10-26(33)37-3)11-12-24(20)31-27-21(19)16-32-25(27)15-23-22(28(32)34)17-39-29(35)30(23,36)5-2/h11-12,14-15,27,31,36H,4-10,13,16-17H2,1-3H3/t27?,30-/m0/s1. The fraction of sp³-hybridized carbons (Fsp3) is 0.500. The molecular formula is C30H36N2O7. The molecule has 1 aromatic carbocycles. The van der Waals surface area contributed by atoms with E-state index in [9.17, 15) is 19.5 Å². The maximum atomic E-state index is 13.5. The number of methoxy groups -OCH3 is 1. The van der Waals surface area contributed by atoms with Crippen LogP contribution in [0.5, 0.6) is 5.75 Å². The lowest BCUT2D eigenvalue weighted by Gasteiger charge is -2.32. The van der Waals surface area contributed by atoms with Gasteiger partial charge in [0.2, 0.25) is 0 Å². The van der Waals surface area contributed by atoms with Crippen LogP contribution in [0, 0.1) is 0 Å². The number of cyclic esters (lactones) is 1. The Labute approximate surface area is 227 Å². The van der Waals surface area contributed by atoms with Crippen molar-refractivity contribution in [1.29, 1.82) is 0 Å². The molecule has 0 saturated carbocycles.